The first-order valence-electron chi connectivity index (χ1n) is 3.91. The largest absolute Gasteiger partial charge is 0.481 e. The summed E-state index contributed by atoms with van der Waals surface area (Å²) in [7, 11) is 1.60. The Labute approximate surface area is 86.5 Å². The fraction of sp³-hybridized carbons (Fsp3) is 0.300. The average molecular weight is 240 g/mol. The van der Waals surface area contributed by atoms with E-state index in [2.05, 4.69) is 32.8 Å². The van der Waals surface area contributed by atoms with Gasteiger partial charge in [-0.2, -0.15) is 0 Å². The zero-order valence-electron chi connectivity index (χ0n) is 7.38. The molecule has 1 aromatic rings. The van der Waals surface area contributed by atoms with E-state index in [-0.39, 0.29) is 0 Å². The zero-order valence-corrected chi connectivity index (χ0v) is 8.97. The van der Waals surface area contributed by atoms with Gasteiger partial charge < -0.3 is 4.74 Å². The lowest BCUT2D eigenvalue weighted by Crippen LogP contribution is -1.87. The third-order valence-corrected chi connectivity index (χ3v) is 1.79. The van der Waals surface area contributed by atoms with Crippen LogP contribution < -0.4 is 4.74 Å². The highest BCUT2D eigenvalue weighted by Crippen LogP contribution is 2.06. The molecule has 0 aliphatic rings. The number of rotatable bonds is 2. The van der Waals surface area contributed by atoms with Gasteiger partial charge in [0, 0.05) is 29.6 Å². The summed E-state index contributed by atoms with van der Waals surface area (Å²) in [4.78, 5) is 3.99. The van der Waals surface area contributed by atoms with Crippen molar-refractivity contribution < 1.29 is 4.74 Å². The van der Waals surface area contributed by atoms with Crippen molar-refractivity contribution >= 4 is 15.9 Å². The molecule has 68 valence electrons. The second-order valence-electron chi connectivity index (χ2n) is 2.33. The van der Waals surface area contributed by atoms with Crippen LogP contribution in [0.15, 0.2) is 18.3 Å². The van der Waals surface area contributed by atoms with Crippen LogP contribution in [0.1, 0.15) is 12.0 Å². The van der Waals surface area contributed by atoms with Gasteiger partial charge in [-0.25, -0.2) is 4.98 Å². The highest BCUT2D eigenvalue weighted by molar-refractivity contribution is 9.09. The lowest BCUT2D eigenvalue weighted by Gasteiger charge is -1.96. The number of methoxy groups -OCH3 is 1. The van der Waals surface area contributed by atoms with Gasteiger partial charge in [0.15, 0.2) is 0 Å². The molecule has 1 heterocycles. The molecule has 0 amide bonds. The standard InChI is InChI=1S/C10H10BrNO/c1-13-10-8-9(5-7-12-10)4-2-3-6-11/h5,7-8H,3,6H2,1H3. The van der Waals surface area contributed by atoms with E-state index in [9.17, 15) is 0 Å². The van der Waals surface area contributed by atoms with Crippen LogP contribution in [-0.4, -0.2) is 17.4 Å². The fourth-order valence-corrected chi connectivity index (χ4v) is 1.01. The maximum Gasteiger partial charge on any atom is 0.214 e. The normalized spacial score (nSPS) is 8.77. The summed E-state index contributed by atoms with van der Waals surface area (Å²) >= 11 is 3.31. The van der Waals surface area contributed by atoms with Gasteiger partial charge >= 0.3 is 0 Å². The first-order chi connectivity index (χ1) is 6.36. The number of ether oxygens (including phenoxy) is 1. The second-order valence-corrected chi connectivity index (χ2v) is 3.12. The predicted molar refractivity (Wildman–Crippen MR) is 56.1 cm³/mol. The Morgan fingerprint density at radius 2 is 2.46 bits per heavy atom. The minimum Gasteiger partial charge on any atom is -0.481 e. The van der Waals surface area contributed by atoms with Crippen molar-refractivity contribution in [2.75, 3.05) is 12.4 Å². The van der Waals surface area contributed by atoms with Gasteiger partial charge in [0.05, 0.1) is 7.11 Å². The van der Waals surface area contributed by atoms with Crippen LogP contribution in [0.5, 0.6) is 5.88 Å². The van der Waals surface area contributed by atoms with Crippen LogP contribution in [0.2, 0.25) is 0 Å². The molecule has 0 spiro atoms. The molecule has 1 rings (SSSR count). The maximum absolute atomic E-state index is 4.97. The van der Waals surface area contributed by atoms with Crippen LogP contribution >= 0.6 is 15.9 Å². The van der Waals surface area contributed by atoms with Gasteiger partial charge in [-0.15, -0.1) is 0 Å². The Kier molecular flexibility index (Phi) is 4.34. The van der Waals surface area contributed by atoms with Crippen molar-refractivity contribution in [2.24, 2.45) is 0 Å². The summed E-state index contributed by atoms with van der Waals surface area (Å²) in [6.07, 6.45) is 2.54. The number of alkyl halides is 1. The van der Waals surface area contributed by atoms with Gasteiger partial charge in [-0.1, -0.05) is 27.8 Å². The van der Waals surface area contributed by atoms with E-state index in [1.54, 1.807) is 13.3 Å². The SMILES string of the molecule is COc1cc(C#CCCBr)ccn1. The van der Waals surface area contributed by atoms with Gasteiger partial charge in [0.25, 0.3) is 0 Å². The monoisotopic (exact) mass is 239 g/mol. The van der Waals surface area contributed by atoms with Gasteiger partial charge in [0.1, 0.15) is 0 Å². The Morgan fingerprint density at radius 3 is 3.15 bits per heavy atom. The molecule has 13 heavy (non-hydrogen) atoms. The van der Waals surface area contributed by atoms with Crippen molar-refractivity contribution in [1.82, 2.24) is 4.98 Å². The number of aromatic nitrogens is 1. The van der Waals surface area contributed by atoms with Crippen molar-refractivity contribution in [3.63, 3.8) is 0 Å². The molecule has 0 aliphatic heterocycles. The molecular formula is C10H10BrNO. The highest BCUT2D eigenvalue weighted by Gasteiger charge is 1.91. The summed E-state index contributed by atoms with van der Waals surface area (Å²) < 4.78 is 4.97. The predicted octanol–water partition coefficient (Wildman–Crippen LogP) is 2.23. The van der Waals surface area contributed by atoms with E-state index >= 15 is 0 Å². The molecule has 0 unspecified atom stereocenters. The van der Waals surface area contributed by atoms with Crippen LogP contribution in [0.25, 0.3) is 0 Å². The number of hydrogen-bond donors (Lipinski definition) is 0. The Morgan fingerprint density at radius 1 is 1.62 bits per heavy atom. The minimum atomic E-state index is 0.602. The van der Waals surface area contributed by atoms with Crippen LogP contribution in [0.3, 0.4) is 0 Å². The zero-order chi connectivity index (χ0) is 9.52. The topological polar surface area (TPSA) is 22.1 Å². The molecule has 0 aromatic carbocycles. The smallest absolute Gasteiger partial charge is 0.214 e. The first-order valence-corrected chi connectivity index (χ1v) is 5.04. The van der Waals surface area contributed by atoms with Crippen molar-refractivity contribution in [3.05, 3.63) is 23.9 Å². The summed E-state index contributed by atoms with van der Waals surface area (Å²) in [5.74, 6) is 6.65. The van der Waals surface area contributed by atoms with E-state index < -0.39 is 0 Å². The molecule has 0 fully saturated rings. The average Bonchev–Trinajstić information content (AvgIpc) is 2.19. The second kappa shape index (κ2) is 5.60. The Bertz CT molecular complexity index is 327. The van der Waals surface area contributed by atoms with Gasteiger partial charge in [-0.05, 0) is 6.07 Å². The summed E-state index contributed by atoms with van der Waals surface area (Å²) in [6, 6.07) is 3.69. The van der Waals surface area contributed by atoms with Crippen molar-refractivity contribution in [2.45, 2.75) is 6.42 Å². The van der Waals surface area contributed by atoms with E-state index in [1.165, 1.54) is 0 Å². The third-order valence-electron chi connectivity index (χ3n) is 1.40. The summed E-state index contributed by atoms with van der Waals surface area (Å²) in [6.45, 7) is 0. The lowest BCUT2D eigenvalue weighted by atomic mass is 10.2. The molecule has 0 saturated heterocycles. The number of halogens is 1. The molecular weight excluding hydrogens is 230 g/mol. The number of pyridine rings is 1. The lowest BCUT2D eigenvalue weighted by molar-refractivity contribution is 0.398. The number of hydrogen-bond acceptors (Lipinski definition) is 2. The van der Waals surface area contributed by atoms with Gasteiger partial charge in [-0.3, -0.25) is 0 Å². The first kappa shape index (κ1) is 10.1. The molecule has 3 heteroatoms. The van der Waals surface area contributed by atoms with Crippen molar-refractivity contribution in [1.29, 1.82) is 0 Å². The fourth-order valence-electron chi connectivity index (χ4n) is 0.811. The highest BCUT2D eigenvalue weighted by atomic mass is 79.9. The molecule has 0 aliphatic carbocycles. The molecule has 1 aromatic heterocycles. The quantitative estimate of drug-likeness (QED) is 0.584. The van der Waals surface area contributed by atoms with Crippen molar-refractivity contribution in [3.8, 4) is 17.7 Å². The molecule has 0 radical (unpaired) electrons. The third kappa shape index (κ3) is 3.47. The molecule has 0 atom stereocenters. The number of nitrogens with zero attached hydrogens (tertiary/aromatic N) is 1. The van der Waals surface area contributed by atoms with Gasteiger partial charge in [0.2, 0.25) is 5.88 Å². The van der Waals surface area contributed by atoms with E-state index in [0.29, 0.717) is 5.88 Å². The molecule has 0 saturated carbocycles. The molecule has 2 nitrogen and oxygen atoms in total. The summed E-state index contributed by atoms with van der Waals surface area (Å²) in [5.41, 5.74) is 0.938. The molecule has 0 bridgehead atoms. The summed E-state index contributed by atoms with van der Waals surface area (Å²) in [5, 5.41) is 0.905. The Balaban J connectivity index is 2.73. The van der Waals surface area contributed by atoms with E-state index in [4.69, 9.17) is 4.74 Å². The maximum atomic E-state index is 4.97. The Hall–Kier alpha value is -1.01. The minimum absolute atomic E-state index is 0.602. The van der Waals surface area contributed by atoms with Crippen LogP contribution in [0, 0.1) is 11.8 Å². The van der Waals surface area contributed by atoms with E-state index in [0.717, 1.165) is 17.3 Å². The van der Waals surface area contributed by atoms with E-state index in [1.807, 2.05) is 12.1 Å². The van der Waals surface area contributed by atoms with Crippen LogP contribution in [0.4, 0.5) is 0 Å². The molecule has 0 N–H and O–H groups in total. The van der Waals surface area contributed by atoms with Crippen LogP contribution in [-0.2, 0) is 0 Å².